The van der Waals surface area contributed by atoms with E-state index in [-0.39, 0.29) is 0 Å². The molecule has 0 aromatic carbocycles. The summed E-state index contributed by atoms with van der Waals surface area (Å²) < 4.78 is 0. The fourth-order valence-electron chi connectivity index (χ4n) is 1.11. The average molecular weight is 169 g/mol. The Kier molecular flexibility index (Phi) is 6.73. The van der Waals surface area contributed by atoms with Crippen LogP contribution in [0.15, 0.2) is 0 Å². The van der Waals surface area contributed by atoms with Crippen molar-refractivity contribution in [2.45, 2.75) is 13.8 Å². The van der Waals surface area contributed by atoms with Gasteiger partial charge in [0.25, 0.3) is 0 Å². The van der Waals surface area contributed by atoms with Crippen LogP contribution in [0.25, 0.3) is 0 Å². The maximum Gasteiger partial charge on any atom is 0.0866 e. The molecule has 0 bridgehead atoms. The van der Waals surface area contributed by atoms with Crippen molar-refractivity contribution in [1.29, 1.82) is 5.26 Å². The van der Waals surface area contributed by atoms with Gasteiger partial charge in [0.05, 0.1) is 12.6 Å². The van der Waals surface area contributed by atoms with Crippen LogP contribution in [0.5, 0.6) is 0 Å². The summed E-state index contributed by atoms with van der Waals surface area (Å²) in [6, 6.07) is 2.16. The van der Waals surface area contributed by atoms with Crippen molar-refractivity contribution >= 4 is 0 Å². The molecule has 0 aromatic rings. The lowest BCUT2D eigenvalue weighted by Gasteiger charge is -2.30. The summed E-state index contributed by atoms with van der Waals surface area (Å²) in [5.41, 5.74) is 0. The lowest BCUT2D eigenvalue weighted by molar-refractivity contribution is 0.168. The molecule has 0 aliphatic carbocycles. The molecule has 12 heavy (non-hydrogen) atoms. The molecule has 0 amide bonds. The molecule has 1 aliphatic rings. The van der Waals surface area contributed by atoms with E-state index in [1.807, 2.05) is 13.8 Å². The Balaban J connectivity index is 0.000000561. The number of hydrogen-bond acceptors (Lipinski definition) is 3. The SMILES string of the molecule is CC.CN1CCN(CC#N)CC1. The normalized spacial score (nSPS) is 19.2. The molecule has 0 unspecified atom stereocenters. The molecular weight excluding hydrogens is 150 g/mol. The minimum absolute atomic E-state index is 0.591. The number of likely N-dealkylation sites (N-methyl/N-ethyl adjacent to an activating group) is 1. The zero-order valence-electron chi connectivity index (χ0n) is 8.38. The molecule has 1 rings (SSSR count). The maximum atomic E-state index is 8.38. The lowest BCUT2D eigenvalue weighted by Crippen LogP contribution is -2.44. The standard InChI is InChI=1S/C7H13N3.C2H6/c1-9-4-6-10(3-2-8)7-5-9;1-2/h3-7H2,1H3;1-2H3. The second-order valence-corrected chi connectivity index (χ2v) is 2.74. The summed E-state index contributed by atoms with van der Waals surface area (Å²) in [6.45, 7) is 8.88. The van der Waals surface area contributed by atoms with E-state index < -0.39 is 0 Å². The summed E-state index contributed by atoms with van der Waals surface area (Å²) in [4.78, 5) is 4.47. The first-order valence-corrected chi connectivity index (χ1v) is 4.61. The van der Waals surface area contributed by atoms with Crippen LogP contribution in [0.1, 0.15) is 13.8 Å². The van der Waals surface area contributed by atoms with Gasteiger partial charge in [-0.05, 0) is 7.05 Å². The Hall–Kier alpha value is -0.590. The van der Waals surface area contributed by atoms with Crippen molar-refractivity contribution in [2.24, 2.45) is 0 Å². The van der Waals surface area contributed by atoms with Crippen LogP contribution in [0.2, 0.25) is 0 Å². The minimum Gasteiger partial charge on any atom is -0.304 e. The first-order valence-electron chi connectivity index (χ1n) is 4.61. The minimum atomic E-state index is 0.591. The molecule has 0 N–H and O–H groups in total. The van der Waals surface area contributed by atoms with Crippen LogP contribution in [0.3, 0.4) is 0 Å². The van der Waals surface area contributed by atoms with Crippen LogP contribution < -0.4 is 0 Å². The molecule has 3 heteroatoms. The van der Waals surface area contributed by atoms with E-state index in [0.29, 0.717) is 6.54 Å². The lowest BCUT2D eigenvalue weighted by atomic mass is 10.3. The van der Waals surface area contributed by atoms with E-state index in [1.54, 1.807) is 0 Å². The Morgan fingerprint density at radius 2 is 1.67 bits per heavy atom. The van der Waals surface area contributed by atoms with Gasteiger partial charge in [-0.15, -0.1) is 0 Å². The van der Waals surface area contributed by atoms with E-state index in [0.717, 1.165) is 26.2 Å². The van der Waals surface area contributed by atoms with Crippen molar-refractivity contribution in [3.8, 4) is 6.07 Å². The molecule has 1 aliphatic heterocycles. The third-order valence-electron chi connectivity index (χ3n) is 1.89. The molecular formula is C9H19N3. The average Bonchev–Trinajstić information content (AvgIpc) is 2.13. The third-order valence-corrected chi connectivity index (χ3v) is 1.89. The van der Waals surface area contributed by atoms with Gasteiger partial charge in [0.2, 0.25) is 0 Å². The zero-order chi connectivity index (χ0) is 9.40. The van der Waals surface area contributed by atoms with Crippen LogP contribution >= 0.6 is 0 Å². The molecule has 1 fully saturated rings. The van der Waals surface area contributed by atoms with Gasteiger partial charge in [-0.2, -0.15) is 5.26 Å². The fourth-order valence-corrected chi connectivity index (χ4v) is 1.11. The van der Waals surface area contributed by atoms with Gasteiger partial charge < -0.3 is 4.90 Å². The topological polar surface area (TPSA) is 30.3 Å². The maximum absolute atomic E-state index is 8.38. The second kappa shape index (κ2) is 7.08. The number of piperazine rings is 1. The highest BCUT2D eigenvalue weighted by Crippen LogP contribution is 1.96. The van der Waals surface area contributed by atoms with Gasteiger partial charge in [-0.1, -0.05) is 13.8 Å². The van der Waals surface area contributed by atoms with Crippen LogP contribution in [-0.2, 0) is 0 Å². The van der Waals surface area contributed by atoms with Gasteiger partial charge in [0.15, 0.2) is 0 Å². The van der Waals surface area contributed by atoms with E-state index in [4.69, 9.17) is 5.26 Å². The molecule has 70 valence electrons. The third kappa shape index (κ3) is 4.32. The molecule has 0 atom stereocenters. The quantitative estimate of drug-likeness (QED) is 0.543. The largest absolute Gasteiger partial charge is 0.304 e. The smallest absolute Gasteiger partial charge is 0.0866 e. The van der Waals surface area contributed by atoms with E-state index in [9.17, 15) is 0 Å². The Morgan fingerprint density at radius 3 is 2.08 bits per heavy atom. The number of nitriles is 1. The molecule has 3 nitrogen and oxygen atoms in total. The predicted molar refractivity (Wildman–Crippen MR) is 50.9 cm³/mol. The van der Waals surface area contributed by atoms with Gasteiger partial charge in [0, 0.05) is 26.2 Å². The molecule has 1 saturated heterocycles. The Morgan fingerprint density at radius 1 is 1.17 bits per heavy atom. The van der Waals surface area contributed by atoms with Crippen LogP contribution in [0.4, 0.5) is 0 Å². The highest BCUT2D eigenvalue weighted by molar-refractivity contribution is 4.79. The molecule has 0 spiro atoms. The fraction of sp³-hybridized carbons (Fsp3) is 0.889. The Labute approximate surface area is 75.6 Å². The zero-order valence-corrected chi connectivity index (χ0v) is 8.38. The second-order valence-electron chi connectivity index (χ2n) is 2.74. The summed E-state index contributed by atoms with van der Waals surface area (Å²) >= 11 is 0. The highest BCUT2D eigenvalue weighted by atomic mass is 15.2. The monoisotopic (exact) mass is 169 g/mol. The number of hydrogen-bond donors (Lipinski definition) is 0. The van der Waals surface area contributed by atoms with Crippen molar-refractivity contribution < 1.29 is 0 Å². The first kappa shape index (κ1) is 11.4. The first-order chi connectivity index (χ1) is 5.83. The summed E-state index contributed by atoms with van der Waals surface area (Å²) in [5.74, 6) is 0. The predicted octanol–water partition coefficient (Wildman–Crippen LogP) is 0.784. The van der Waals surface area contributed by atoms with Crippen LogP contribution in [-0.4, -0.2) is 49.6 Å². The summed E-state index contributed by atoms with van der Waals surface area (Å²) in [7, 11) is 2.11. The highest BCUT2D eigenvalue weighted by Gasteiger charge is 2.11. The van der Waals surface area contributed by atoms with E-state index in [2.05, 4.69) is 22.9 Å². The van der Waals surface area contributed by atoms with Crippen molar-refractivity contribution in [3.05, 3.63) is 0 Å². The Bertz CT molecular complexity index is 131. The van der Waals surface area contributed by atoms with Gasteiger partial charge in [-0.3, -0.25) is 4.90 Å². The molecule has 0 radical (unpaired) electrons. The summed E-state index contributed by atoms with van der Waals surface area (Å²) in [6.07, 6.45) is 0. The van der Waals surface area contributed by atoms with E-state index >= 15 is 0 Å². The van der Waals surface area contributed by atoms with E-state index in [1.165, 1.54) is 0 Å². The van der Waals surface area contributed by atoms with Crippen molar-refractivity contribution in [1.82, 2.24) is 9.80 Å². The van der Waals surface area contributed by atoms with Gasteiger partial charge in [0.1, 0.15) is 0 Å². The molecule has 0 saturated carbocycles. The number of rotatable bonds is 1. The van der Waals surface area contributed by atoms with Crippen molar-refractivity contribution in [2.75, 3.05) is 39.8 Å². The summed E-state index contributed by atoms with van der Waals surface area (Å²) in [5, 5.41) is 8.38. The van der Waals surface area contributed by atoms with Crippen molar-refractivity contribution in [3.63, 3.8) is 0 Å². The van der Waals surface area contributed by atoms with Crippen LogP contribution in [0, 0.1) is 11.3 Å². The molecule has 0 aromatic heterocycles. The number of nitrogens with zero attached hydrogens (tertiary/aromatic N) is 3. The van der Waals surface area contributed by atoms with Gasteiger partial charge >= 0.3 is 0 Å². The molecule has 1 heterocycles. The van der Waals surface area contributed by atoms with Gasteiger partial charge in [-0.25, -0.2) is 0 Å².